The highest BCUT2D eigenvalue weighted by Gasteiger charge is 2.44. The van der Waals surface area contributed by atoms with E-state index in [-0.39, 0.29) is 11.3 Å². The SMILES string of the molecule is CC1=CCC(C(N)=O)(C(C)(C)C)C=C1. The molecule has 0 fully saturated rings. The summed E-state index contributed by atoms with van der Waals surface area (Å²) in [6.07, 6.45) is 6.74. The van der Waals surface area contributed by atoms with Gasteiger partial charge in [-0.15, -0.1) is 0 Å². The van der Waals surface area contributed by atoms with Gasteiger partial charge in [0.05, 0.1) is 5.41 Å². The average Bonchev–Trinajstić information content (AvgIpc) is 2.02. The zero-order valence-electron chi connectivity index (χ0n) is 9.42. The third-order valence-electron chi connectivity index (χ3n) is 3.15. The maximum Gasteiger partial charge on any atom is 0.228 e. The first-order valence-electron chi connectivity index (χ1n) is 4.95. The molecule has 0 saturated carbocycles. The molecule has 0 bridgehead atoms. The molecule has 0 aromatic heterocycles. The van der Waals surface area contributed by atoms with Gasteiger partial charge < -0.3 is 5.73 Å². The third-order valence-corrected chi connectivity index (χ3v) is 3.15. The molecule has 1 unspecified atom stereocenters. The van der Waals surface area contributed by atoms with Crippen LogP contribution >= 0.6 is 0 Å². The van der Waals surface area contributed by atoms with Gasteiger partial charge in [-0.1, -0.05) is 44.6 Å². The summed E-state index contributed by atoms with van der Waals surface area (Å²) >= 11 is 0. The van der Waals surface area contributed by atoms with Crippen molar-refractivity contribution in [2.75, 3.05) is 0 Å². The molecule has 0 spiro atoms. The van der Waals surface area contributed by atoms with Gasteiger partial charge >= 0.3 is 0 Å². The lowest BCUT2D eigenvalue weighted by Gasteiger charge is -2.40. The van der Waals surface area contributed by atoms with E-state index >= 15 is 0 Å². The molecule has 0 aromatic carbocycles. The number of rotatable bonds is 1. The van der Waals surface area contributed by atoms with Crippen molar-refractivity contribution in [2.45, 2.75) is 34.1 Å². The molecule has 0 radical (unpaired) electrons. The molecule has 1 atom stereocenters. The minimum absolute atomic E-state index is 0.132. The smallest absolute Gasteiger partial charge is 0.228 e. The van der Waals surface area contributed by atoms with Gasteiger partial charge in [-0.2, -0.15) is 0 Å². The van der Waals surface area contributed by atoms with Crippen LogP contribution in [0, 0.1) is 10.8 Å². The van der Waals surface area contributed by atoms with Crippen molar-refractivity contribution in [1.29, 1.82) is 0 Å². The normalized spacial score (nSPS) is 27.3. The summed E-state index contributed by atoms with van der Waals surface area (Å²) in [5.74, 6) is -0.231. The van der Waals surface area contributed by atoms with Crippen molar-refractivity contribution >= 4 is 5.91 Å². The van der Waals surface area contributed by atoms with Gasteiger partial charge in [0, 0.05) is 0 Å². The topological polar surface area (TPSA) is 43.1 Å². The molecule has 0 aliphatic heterocycles. The van der Waals surface area contributed by atoms with E-state index in [9.17, 15) is 4.79 Å². The van der Waals surface area contributed by atoms with Gasteiger partial charge in [0.15, 0.2) is 0 Å². The molecule has 2 heteroatoms. The zero-order valence-corrected chi connectivity index (χ0v) is 9.42. The van der Waals surface area contributed by atoms with Crippen LogP contribution in [0.4, 0.5) is 0 Å². The predicted octanol–water partition coefficient (Wildman–Crippen LogP) is 2.41. The summed E-state index contributed by atoms with van der Waals surface area (Å²) < 4.78 is 0. The first-order chi connectivity index (χ1) is 6.29. The van der Waals surface area contributed by atoms with Crippen LogP contribution in [0.25, 0.3) is 0 Å². The number of primary amides is 1. The van der Waals surface area contributed by atoms with E-state index in [1.54, 1.807) is 0 Å². The lowest BCUT2D eigenvalue weighted by atomic mass is 9.62. The minimum atomic E-state index is -0.521. The highest BCUT2D eigenvalue weighted by atomic mass is 16.1. The third kappa shape index (κ3) is 1.61. The number of allylic oxidation sites excluding steroid dienone is 3. The Morgan fingerprint density at radius 2 is 2.07 bits per heavy atom. The summed E-state index contributed by atoms with van der Waals surface area (Å²) in [4.78, 5) is 11.6. The monoisotopic (exact) mass is 193 g/mol. The van der Waals surface area contributed by atoms with E-state index in [1.165, 1.54) is 5.57 Å². The molecule has 2 nitrogen and oxygen atoms in total. The first kappa shape index (κ1) is 11.0. The standard InChI is InChI=1S/C12H19NO/c1-9-5-7-12(8-6-9,10(13)14)11(2,3)4/h5-7H,8H2,1-4H3,(H2,13,14). The van der Waals surface area contributed by atoms with E-state index in [4.69, 9.17) is 5.73 Å². The number of nitrogens with two attached hydrogens (primary N) is 1. The lowest BCUT2D eigenvalue weighted by molar-refractivity contribution is -0.130. The quantitative estimate of drug-likeness (QED) is 0.682. The van der Waals surface area contributed by atoms with Crippen molar-refractivity contribution in [1.82, 2.24) is 0 Å². The Balaban J connectivity index is 3.12. The van der Waals surface area contributed by atoms with Crippen LogP contribution in [0.1, 0.15) is 34.1 Å². The number of hydrogen-bond donors (Lipinski definition) is 1. The molecule has 0 aromatic rings. The van der Waals surface area contributed by atoms with Gasteiger partial charge in [-0.05, 0) is 18.8 Å². The van der Waals surface area contributed by atoms with E-state index < -0.39 is 5.41 Å². The van der Waals surface area contributed by atoms with Crippen molar-refractivity contribution in [3.63, 3.8) is 0 Å². The van der Waals surface area contributed by atoms with Gasteiger partial charge in [-0.25, -0.2) is 0 Å². The summed E-state index contributed by atoms with van der Waals surface area (Å²) in [6, 6.07) is 0. The van der Waals surface area contributed by atoms with Crippen LogP contribution in [0.15, 0.2) is 23.8 Å². The molecule has 0 heterocycles. The number of carbonyl (C=O) groups excluding carboxylic acids is 1. The van der Waals surface area contributed by atoms with E-state index in [0.29, 0.717) is 6.42 Å². The molecule has 2 N–H and O–H groups in total. The Kier molecular flexibility index (Phi) is 2.57. The Morgan fingerprint density at radius 3 is 2.36 bits per heavy atom. The highest BCUT2D eigenvalue weighted by molar-refractivity contribution is 5.84. The van der Waals surface area contributed by atoms with Crippen molar-refractivity contribution in [3.8, 4) is 0 Å². The fourth-order valence-corrected chi connectivity index (χ4v) is 1.84. The first-order valence-corrected chi connectivity index (χ1v) is 4.95. The van der Waals surface area contributed by atoms with Crippen LogP contribution in [0.2, 0.25) is 0 Å². The molecular formula is C12H19NO. The summed E-state index contributed by atoms with van der Waals surface area (Å²) in [6.45, 7) is 8.19. The van der Waals surface area contributed by atoms with Gasteiger partial charge in [0.1, 0.15) is 0 Å². The minimum Gasteiger partial charge on any atom is -0.369 e. The van der Waals surface area contributed by atoms with Gasteiger partial charge in [0.25, 0.3) is 0 Å². The van der Waals surface area contributed by atoms with Crippen LogP contribution in [0.3, 0.4) is 0 Å². The number of hydrogen-bond acceptors (Lipinski definition) is 1. The van der Waals surface area contributed by atoms with Crippen LogP contribution in [-0.4, -0.2) is 5.91 Å². The van der Waals surface area contributed by atoms with E-state index in [0.717, 1.165) is 0 Å². The van der Waals surface area contributed by atoms with Gasteiger partial charge in [0.2, 0.25) is 5.91 Å². The lowest BCUT2D eigenvalue weighted by Crippen LogP contribution is -2.45. The fraction of sp³-hybridized carbons (Fsp3) is 0.583. The molecule has 14 heavy (non-hydrogen) atoms. The molecule has 78 valence electrons. The second-order valence-electron chi connectivity index (χ2n) is 5.07. The maximum absolute atomic E-state index is 11.6. The fourth-order valence-electron chi connectivity index (χ4n) is 1.84. The zero-order chi connectivity index (χ0) is 11.0. The Hall–Kier alpha value is -1.05. The maximum atomic E-state index is 11.6. The second kappa shape index (κ2) is 3.26. The summed E-state index contributed by atoms with van der Waals surface area (Å²) in [5.41, 5.74) is 6.06. The van der Waals surface area contributed by atoms with Crippen molar-refractivity contribution < 1.29 is 4.79 Å². The molecule has 1 aliphatic rings. The summed E-state index contributed by atoms with van der Waals surface area (Å²) in [7, 11) is 0. The molecule has 0 saturated heterocycles. The highest BCUT2D eigenvalue weighted by Crippen LogP contribution is 2.45. The Labute approximate surface area is 85.9 Å². The van der Waals surface area contributed by atoms with E-state index in [2.05, 4.69) is 26.8 Å². The van der Waals surface area contributed by atoms with Crippen LogP contribution in [0.5, 0.6) is 0 Å². The Bertz CT molecular complexity index is 307. The Morgan fingerprint density at radius 1 is 1.50 bits per heavy atom. The number of amides is 1. The number of carbonyl (C=O) groups is 1. The average molecular weight is 193 g/mol. The molecular weight excluding hydrogens is 174 g/mol. The van der Waals surface area contributed by atoms with Gasteiger partial charge in [-0.3, -0.25) is 4.79 Å². The second-order valence-corrected chi connectivity index (χ2v) is 5.07. The van der Waals surface area contributed by atoms with Crippen LogP contribution < -0.4 is 5.73 Å². The molecule has 1 rings (SSSR count). The largest absolute Gasteiger partial charge is 0.369 e. The van der Waals surface area contributed by atoms with Crippen LogP contribution in [-0.2, 0) is 4.79 Å². The predicted molar refractivity (Wildman–Crippen MR) is 58.6 cm³/mol. The van der Waals surface area contributed by atoms with Crippen molar-refractivity contribution in [2.24, 2.45) is 16.6 Å². The summed E-state index contributed by atoms with van der Waals surface area (Å²) in [5, 5.41) is 0. The molecule has 1 aliphatic carbocycles. The van der Waals surface area contributed by atoms with Crippen molar-refractivity contribution in [3.05, 3.63) is 23.8 Å². The van der Waals surface area contributed by atoms with E-state index in [1.807, 2.05) is 19.1 Å². The molecule has 1 amide bonds.